The Morgan fingerprint density at radius 2 is 2.05 bits per heavy atom. The molecule has 106 valence electrons. The lowest BCUT2D eigenvalue weighted by Gasteiger charge is -2.19. The molecule has 1 atom stereocenters. The van der Waals surface area contributed by atoms with Gasteiger partial charge in [0.15, 0.2) is 0 Å². The second-order valence-electron chi connectivity index (χ2n) is 4.84. The van der Waals surface area contributed by atoms with Crippen molar-refractivity contribution in [2.45, 2.75) is 13.0 Å². The highest BCUT2D eigenvalue weighted by Crippen LogP contribution is 2.20. The van der Waals surface area contributed by atoms with E-state index in [1.54, 1.807) is 13.2 Å². The van der Waals surface area contributed by atoms with Crippen molar-refractivity contribution in [2.75, 3.05) is 13.6 Å². The summed E-state index contributed by atoms with van der Waals surface area (Å²) in [6.07, 6.45) is 3.61. The number of nitrogens with one attached hydrogen (secondary N) is 2. The summed E-state index contributed by atoms with van der Waals surface area (Å²) in [5, 5.41) is 5.87. The van der Waals surface area contributed by atoms with Crippen LogP contribution in [0.25, 0.3) is 0 Å². The van der Waals surface area contributed by atoms with Gasteiger partial charge in [0.2, 0.25) is 5.91 Å². The predicted octanol–water partition coefficient (Wildman–Crippen LogP) is 1.15. The topological polar surface area (TPSA) is 59.0 Å². The highest BCUT2D eigenvalue weighted by molar-refractivity contribution is 5.78. The van der Waals surface area contributed by atoms with Crippen LogP contribution in [-0.4, -0.2) is 29.1 Å². The average Bonchev–Trinajstić information content (AvgIpc) is 2.84. The molecular weight excluding hydrogens is 252 g/mol. The summed E-state index contributed by atoms with van der Waals surface area (Å²) in [6, 6.07) is 7.88. The first kappa shape index (κ1) is 14.3. The van der Waals surface area contributed by atoms with Crippen molar-refractivity contribution in [1.82, 2.24) is 20.2 Å². The van der Waals surface area contributed by atoms with Crippen molar-refractivity contribution in [2.24, 2.45) is 7.05 Å². The maximum atomic E-state index is 11.9. The van der Waals surface area contributed by atoms with Gasteiger partial charge in [-0.1, -0.05) is 29.8 Å². The van der Waals surface area contributed by atoms with Gasteiger partial charge < -0.3 is 15.2 Å². The first-order valence-electron chi connectivity index (χ1n) is 6.59. The van der Waals surface area contributed by atoms with Gasteiger partial charge in [-0.25, -0.2) is 4.98 Å². The minimum absolute atomic E-state index is 0.0546. The largest absolute Gasteiger partial charge is 0.341 e. The van der Waals surface area contributed by atoms with Gasteiger partial charge in [0, 0.05) is 19.4 Å². The first-order valence-corrected chi connectivity index (χ1v) is 6.59. The number of aryl methyl sites for hydroxylation is 2. The molecule has 2 N–H and O–H groups in total. The van der Waals surface area contributed by atoms with E-state index in [-0.39, 0.29) is 18.5 Å². The number of carbonyl (C=O) groups is 1. The Morgan fingerprint density at radius 3 is 2.60 bits per heavy atom. The maximum Gasteiger partial charge on any atom is 0.234 e. The molecular formula is C15H20N4O. The number of benzene rings is 1. The molecule has 0 spiro atoms. The zero-order valence-electron chi connectivity index (χ0n) is 12.1. The monoisotopic (exact) mass is 272 g/mol. The fourth-order valence-electron chi connectivity index (χ4n) is 2.08. The SMILES string of the molecule is CNCC(=O)NC(c1ccc(C)cc1)c1nccn1C. The quantitative estimate of drug-likeness (QED) is 0.858. The van der Waals surface area contributed by atoms with Crippen molar-refractivity contribution in [3.63, 3.8) is 0 Å². The van der Waals surface area contributed by atoms with Gasteiger partial charge in [-0.15, -0.1) is 0 Å². The van der Waals surface area contributed by atoms with Crippen LogP contribution in [0.5, 0.6) is 0 Å². The Kier molecular flexibility index (Phi) is 4.53. The molecule has 2 rings (SSSR count). The Labute approximate surface area is 119 Å². The summed E-state index contributed by atoms with van der Waals surface area (Å²) in [5.41, 5.74) is 2.21. The number of aromatic nitrogens is 2. The molecule has 0 fully saturated rings. The second-order valence-corrected chi connectivity index (χ2v) is 4.84. The fourth-order valence-corrected chi connectivity index (χ4v) is 2.08. The number of imidazole rings is 1. The summed E-state index contributed by atoms with van der Waals surface area (Å²) in [7, 11) is 3.68. The van der Waals surface area contributed by atoms with Crippen LogP contribution >= 0.6 is 0 Å². The molecule has 0 saturated heterocycles. The molecule has 1 heterocycles. The molecule has 5 heteroatoms. The lowest BCUT2D eigenvalue weighted by atomic mass is 10.0. The summed E-state index contributed by atoms with van der Waals surface area (Å²) in [6.45, 7) is 2.33. The fraction of sp³-hybridized carbons (Fsp3) is 0.333. The zero-order chi connectivity index (χ0) is 14.5. The van der Waals surface area contributed by atoms with Gasteiger partial charge in [0.05, 0.1) is 6.54 Å². The molecule has 5 nitrogen and oxygen atoms in total. The number of hydrogen-bond donors (Lipinski definition) is 2. The van der Waals surface area contributed by atoms with Gasteiger partial charge in [0.25, 0.3) is 0 Å². The minimum Gasteiger partial charge on any atom is -0.341 e. The van der Waals surface area contributed by atoms with Crippen LogP contribution in [0, 0.1) is 6.92 Å². The van der Waals surface area contributed by atoms with Gasteiger partial charge in [-0.2, -0.15) is 0 Å². The predicted molar refractivity (Wildman–Crippen MR) is 78.3 cm³/mol. The van der Waals surface area contributed by atoms with Crippen molar-refractivity contribution in [1.29, 1.82) is 0 Å². The summed E-state index contributed by atoms with van der Waals surface area (Å²) in [4.78, 5) is 16.2. The maximum absolute atomic E-state index is 11.9. The van der Waals surface area contributed by atoms with E-state index in [9.17, 15) is 4.79 Å². The Balaban J connectivity index is 2.31. The van der Waals surface area contributed by atoms with E-state index in [4.69, 9.17) is 0 Å². The molecule has 1 aromatic heterocycles. The van der Waals surface area contributed by atoms with Crippen LogP contribution in [-0.2, 0) is 11.8 Å². The van der Waals surface area contributed by atoms with Crippen LogP contribution in [0.2, 0.25) is 0 Å². The van der Waals surface area contributed by atoms with Crippen molar-refractivity contribution in [3.05, 3.63) is 53.6 Å². The standard InChI is InChI=1S/C15H20N4O/c1-11-4-6-12(7-5-11)14(18-13(20)10-16-2)15-17-8-9-19(15)3/h4-9,14,16H,10H2,1-3H3,(H,18,20). The van der Waals surface area contributed by atoms with Gasteiger partial charge >= 0.3 is 0 Å². The van der Waals surface area contributed by atoms with Crippen LogP contribution in [0.3, 0.4) is 0 Å². The Hall–Kier alpha value is -2.14. The third-order valence-corrected chi connectivity index (χ3v) is 3.17. The molecule has 20 heavy (non-hydrogen) atoms. The summed E-state index contributed by atoms with van der Waals surface area (Å²) < 4.78 is 1.92. The highest BCUT2D eigenvalue weighted by atomic mass is 16.2. The van der Waals surface area contributed by atoms with Crippen LogP contribution < -0.4 is 10.6 Å². The van der Waals surface area contributed by atoms with Gasteiger partial charge in [-0.05, 0) is 19.5 Å². The highest BCUT2D eigenvalue weighted by Gasteiger charge is 2.20. The number of rotatable bonds is 5. The number of amides is 1. The number of hydrogen-bond acceptors (Lipinski definition) is 3. The smallest absolute Gasteiger partial charge is 0.234 e. The van der Waals surface area contributed by atoms with E-state index in [1.807, 2.05) is 49.0 Å². The molecule has 0 saturated carbocycles. The lowest BCUT2D eigenvalue weighted by Crippen LogP contribution is -2.36. The minimum atomic E-state index is -0.239. The first-order chi connectivity index (χ1) is 9.61. The Morgan fingerprint density at radius 1 is 1.35 bits per heavy atom. The number of nitrogens with zero attached hydrogens (tertiary/aromatic N) is 2. The number of likely N-dealkylation sites (N-methyl/N-ethyl adjacent to an activating group) is 1. The average molecular weight is 272 g/mol. The van der Waals surface area contributed by atoms with Crippen molar-refractivity contribution >= 4 is 5.91 Å². The van der Waals surface area contributed by atoms with Gasteiger partial charge in [-0.3, -0.25) is 4.79 Å². The number of carbonyl (C=O) groups excluding carboxylic acids is 1. The van der Waals surface area contributed by atoms with Crippen LogP contribution in [0.15, 0.2) is 36.7 Å². The molecule has 2 aromatic rings. The van der Waals surface area contributed by atoms with E-state index >= 15 is 0 Å². The van der Waals surface area contributed by atoms with Gasteiger partial charge in [0.1, 0.15) is 11.9 Å². The molecule has 0 aliphatic carbocycles. The summed E-state index contributed by atoms with van der Waals surface area (Å²) in [5.74, 6) is 0.763. The molecule has 0 radical (unpaired) electrons. The van der Waals surface area contributed by atoms with E-state index in [1.165, 1.54) is 5.56 Å². The molecule has 1 amide bonds. The van der Waals surface area contributed by atoms with Crippen molar-refractivity contribution < 1.29 is 4.79 Å². The Bertz CT molecular complexity index is 574. The molecule has 0 aliphatic heterocycles. The second kappa shape index (κ2) is 6.34. The zero-order valence-corrected chi connectivity index (χ0v) is 12.1. The molecule has 1 unspecified atom stereocenters. The normalized spacial score (nSPS) is 12.2. The third-order valence-electron chi connectivity index (χ3n) is 3.17. The molecule has 0 bridgehead atoms. The van der Waals surface area contributed by atoms with Crippen LogP contribution in [0.1, 0.15) is 23.0 Å². The van der Waals surface area contributed by atoms with E-state index in [2.05, 4.69) is 15.6 Å². The van der Waals surface area contributed by atoms with E-state index in [0.717, 1.165) is 11.4 Å². The summed E-state index contributed by atoms with van der Waals surface area (Å²) >= 11 is 0. The van der Waals surface area contributed by atoms with Crippen LogP contribution in [0.4, 0.5) is 0 Å². The molecule has 1 aromatic carbocycles. The third kappa shape index (κ3) is 3.24. The molecule has 0 aliphatic rings. The van der Waals surface area contributed by atoms with E-state index in [0.29, 0.717) is 0 Å². The van der Waals surface area contributed by atoms with E-state index < -0.39 is 0 Å². The van der Waals surface area contributed by atoms with Crippen molar-refractivity contribution in [3.8, 4) is 0 Å². The lowest BCUT2D eigenvalue weighted by molar-refractivity contribution is -0.120.